The van der Waals surface area contributed by atoms with Gasteiger partial charge in [0.25, 0.3) is 0 Å². The average molecular weight is 353 g/mol. The molecule has 4 bridgehead atoms. The van der Waals surface area contributed by atoms with Crippen LogP contribution in [0.2, 0.25) is 0 Å². The fraction of sp³-hybridized carbons (Fsp3) is 0.263. The van der Waals surface area contributed by atoms with Gasteiger partial charge >= 0.3 is 0 Å². The number of aromatic nitrogens is 2. The van der Waals surface area contributed by atoms with Crippen LogP contribution < -0.4 is 19.5 Å². The summed E-state index contributed by atoms with van der Waals surface area (Å²) in [6.45, 7) is 1.83. The molecule has 7 nitrogen and oxygen atoms in total. The van der Waals surface area contributed by atoms with Gasteiger partial charge in [-0.2, -0.15) is 0 Å². The summed E-state index contributed by atoms with van der Waals surface area (Å²) >= 11 is 0. The van der Waals surface area contributed by atoms with Crippen molar-refractivity contribution < 1.29 is 18.9 Å². The highest BCUT2D eigenvalue weighted by molar-refractivity contribution is 5.93. The molecule has 3 aromatic rings. The van der Waals surface area contributed by atoms with Crippen LogP contribution in [0.25, 0.3) is 10.9 Å². The summed E-state index contributed by atoms with van der Waals surface area (Å²) in [5, 5.41) is 4.17. The summed E-state index contributed by atoms with van der Waals surface area (Å²) < 4.78 is 22.5. The van der Waals surface area contributed by atoms with Crippen LogP contribution in [0, 0.1) is 0 Å². The first-order valence-corrected chi connectivity index (χ1v) is 8.37. The lowest BCUT2D eigenvalue weighted by molar-refractivity contribution is 0.0758. The molecule has 0 saturated carbocycles. The molecule has 0 spiro atoms. The van der Waals surface area contributed by atoms with Gasteiger partial charge in [0.1, 0.15) is 31.1 Å². The van der Waals surface area contributed by atoms with E-state index >= 15 is 0 Å². The van der Waals surface area contributed by atoms with E-state index in [0.29, 0.717) is 43.7 Å². The number of methoxy groups -OCH3 is 1. The van der Waals surface area contributed by atoms with Crippen LogP contribution in [0.1, 0.15) is 0 Å². The zero-order valence-electron chi connectivity index (χ0n) is 14.4. The van der Waals surface area contributed by atoms with Gasteiger partial charge in [-0.05, 0) is 18.2 Å². The number of hydrogen-bond donors (Lipinski definition) is 1. The maximum absolute atomic E-state index is 5.84. The van der Waals surface area contributed by atoms with Crippen LogP contribution in [-0.2, 0) is 4.74 Å². The summed E-state index contributed by atoms with van der Waals surface area (Å²) in [5.74, 6) is 2.70. The molecule has 2 aromatic carbocycles. The number of nitrogens with zero attached hydrogens (tertiary/aromatic N) is 2. The van der Waals surface area contributed by atoms with E-state index in [-0.39, 0.29) is 0 Å². The van der Waals surface area contributed by atoms with E-state index < -0.39 is 0 Å². The fourth-order valence-corrected chi connectivity index (χ4v) is 2.77. The largest absolute Gasteiger partial charge is 0.493 e. The molecule has 0 radical (unpaired) electrons. The van der Waals surface area contributed by atoms with Crippen LogP contribution in [0.4, 0.5) is 11.5 Å². The van der Waals surface area contributed by atoms with Crippen molar-refractivity contribution in [2.75, 3.05) is 38.9 Å². The summed E-state index contributed by atoms with van der Waals surface area (Å²) in [6, 6.07) is 11.4. The Kier molecular flexibility index (Phi) is 4.70. The summed E-state index contributed by atoms with van der Waals surface area (Å²) in [6.07, 6.45) is 1.52. The van der Waals surface area contributed by atoms with Gasteiger partial charge in [0, 0.05) is 23.2 Å². The number of fused-ring (bicyclic) bond motifs is 3. The quantitative estimate of drug-likeness (QED) is 0.720. The normalized spacial score (nSPS) is 14.5. The molecule has 2 heterocycles. The van der Waals surface area contributed by atoms with Crippen LogP contribution in [-0.4, -0.2) is 43.5 Å². The highest BCUT2D eigenvalue weighted by Gasteiger charge is 2.12. The first-order valence-electron chi connectivity index (χ1n) is 8.37. The molecule has 1 aliphatic heterocycles. The van der Waals surface area contributed by atoms with Gasteiger partial charge in [0.2, 0.25) is 0 Å². The number of anilines is 2. The van der Waals surface area contributed by atoms with E-state index in [4.69, 9.17) is 18.9 Å². The lowest BCUT2D eigenvalue weighted by Crippen LogP contribution is -2.12. The molecule has 0 unspecified atom stereocenters. The zero-order valence-corrected chi connectivity index (χ0v) is 14.4. The minimum absolute atomic E-state index is 0.409. The van der Waals surface area contributed by atoms with Crippen molar-refractivity contribution in [3.8, 4) is 17.2 Å². The molecule has 0 atom stereocenters. The number of benzene rings is 2. The van der Waals surface area contributed by atoms with Crippen molar-refractivity contribution in [1.82, 2.24) is 9.97 Å². The predicted octanol–water partition coefficient (Wildman–Crippen LogP) is 3.17. The Balaban J connectivity index is 1.80. The third-order valence-electron chi connectivity index (χ3n) is 4.00. The highest BCUT2D eigenvalue weighted by atomic mass is 16.6. The molecule has 1 N–H and O–H groups in total. The van der Waals surface area contributed by atoms with Gasteiger partial charge in [-0.15, -0.1) is 0 Å². The second kappa shape index (κ2) is 7.45. The topological polar surface area (TPSA) is 74.7 Å². The predicted molar refractivity (Wildman–Crippen MR) is 97.6 cm³/mol. The monoisotopic (exact) mass is 353 g/mol. The van der Waals surface area contributed by atoms with Crippen LogP contribution in [0.3, 0.4) is 0 Å². The lowest BCUT2D eigenvalue weighted by atomic mass is 10.2. The molecule has 0 aliphatic carbocycles. The lowest BCUT2D eigenvalue weighted by Gasteiger charge is -2.13. The van der Waals surface area contributed by atoms with Gasteiger partial charge in [-0.3, -0.25) is 0 Å². The standard InChI is InChI=1S/C19H19N3O4/c1-23-17-11-16-15-10-18(17)26-8-6-24-5-7-25-14-4-2-3-13(9-14)22-19(15)21-12-20-16/h2-4,9-12H,5-8H2,1H3,(H,20,21,22). The molecule has 7 heteroatoms. The maximum atomic E-state index is 5.84. The van der Waals surface area contributed by atoms with Crippen LogP contribution >= 0.6 is 0 Å². The Hall–Kier alpha value is -3.06. The summed E-state index contributed by atoms with van der Waals surface area (Å²) in [4.78, 5) is 8.72. The summed E-state index contributed by atoms with van der Waals surface area (Å²) in [7, 11) is 1.61. The Bertz CT molecular complexity index is 916. The Morgan fingerprint density at radius 2 is 1.88 bits per heavy atom. The van der Waals surface area contributed by atoms with E-state index in [1.807, 2.05) is 36.4 Å². The van der Waals surface area contributed by atoms with Crippen molar-refractivity contribution in [2.45, 2.75) is 0 Å². The van der Waals surface area contributed by atoms with E-state index in [1.54, 1.807) is 7.11 Å². The van der Waals surface area contributed by atoms with Gasteiger partial charge in [-0.25, -0.2) is 9.97 Å². The third-order valence-corrected chi connectivity index (χ3v) is 4.00. The summed E-state index contributed by atoms with van der Waals surface area (Å²) in [5.41, 5.74) is 1.64. The number of rotatable bonds is 1. The van der Waals surface area contributed by atoms with E-state index in [0.717, 1.165) is 22.3 Å². The molecule has 0 saturated heterocycles. The van der Waals surface area contributed by atoms with Crippen LogP contribution in [0.5, 0.6) is 17.2 Å². The van der Waals surface area contributed by atoms with Crippen LogP contribution in [0.15, 0.2) is 42.7 Å². The van der Waals surface area contributed by atoms with E-state index in [1.165, 1.54) is 6.33 Å². The maximum Gasteiger partial charge on any atom is 0.162 e. The van der Waals surface area contributed by atoms with Crippen molar-refractivity contribution in [2.24, 2.45) is 0 Å². The van der Waals surface area contributed by atoms with E-state index in [2.05, 4.69) is 15.3 Å². The molecule has 0 fully saturated rings. The molecule has 1 aromatic heterocycles. The first-order chi connectivity index (χ1) is 12.8. The molecular formula is C19H19N3O4. The smallest absolute Gasteiger partial charge is 0.162 e. The van der Waals surface area contributed by atoms with Gasteiger partial charge < -0.3 is 24.3 Å². The van der Waals surface area contributed by atoms with Crippen molar-refractivity contribution in [3.05, 3.63) is 42.7 Å². The molecule has 4 rings (SSSR count). The number of nitrogens with one attached hydrogen (secondary N) is 1. The zero-order chi connectivity index (χ0) is 17.8. The average Bonchev–Trinajstić information content (AvgIpc) is 2.67. The second-order valence-corrected chi connectivity index (χ2v) is 5.70. The van der Waals surface area contributed by atoms with Gasteiger partial charge in [0.15, 0.2) is 11.5 Å². The molecular weight excluding hydrogens is 334 g/mol. The molecule has 26 heavy (non-hydrogen) atoms. The molecule has 134 valence electrons. The third kappa shape index (κ3) is 3.48. The van der Waals surface area contributed by atoms with Crippen molar-refractivity contribution in [1.29, 1.82) is 0 Å². The van der Waals surface area contributed by atoms with Gasteiger partial charge in [0.05, 0.1) is 25.8 Å². The van der Waals surface area contributed by atoms with Crippen molar-refractivity contribution >= 4 is 22.4 Å². The number of ether oxygens (including phenoxy) is 4. The SMILES string of the molecule is COc1cc2ncnc3c2cc1OCCOCCOc1cccc(c1)N3. The van der Waals surface area contributed by atoms with Crippen molar-refractivity contribution in [3.63, 3.8) is 0 Å². The minimum atomic E-state index is 0.409. The highest BCUT2D eigenvalue weighted by Crippen LogP contribution is 2.35. The Morgan fingerprint density at radius 3 is 2.77 bits per heavy atom. The Morgan fingerprint density at radius 1 is 1.00 bits per heavy atom. The first kappa shape index (κ1) is 16.4. The van der Waals surface area contributed by atoms with Gasteiger partial charge in [-0.1, -0.05) is 6.07 Å². The minimum Gasteiger partial charge on any atom is -0.493 e. The Labute approximate surface area is 150 Å². The molecule has 0 amide bonds. The molecule has 1 aliphatic rings. The second-order valence-electron chi connectivity index (χ2n) is 5.70. The fourth-order valence-electron chi connectivity index (χ4n) is 2.77. The van der Waals surface area contributed by atoms with E-state index in [9.17, 15) is 0 Å². The number of hydrogen-bond acceptors (Lipinski definition) is 7.